The van der Waals surface area contributed by atoms with Crippen LogP contribution in [0.5, 0.6) is 11.5 Å². The Morgan fingerprint density at radius 1 is 1.19 bits per heavy atom. The average molecular weight is 387 g/mol. The second-order valence-corrected chi connectivity index (χ2v) is 6.46. The molecule has 0 saturated heterocycles. The molecule has 3 rings (SSSR count). The molecule has 0 spiro atoms. The van der Waals surface area contributed by atoms with Crippen LogP contribution in [0.4, 0.5) is 0 Å². The van der Waals surface area contributed by atoms with Gasteiger partial charge in [-0.2, -0.15) is 4.68 Å². The van der Waals surface area contributed by atoms with Crippen LogP contribution in [0.1, 0.15) is 29.1 Å². The lowest BCUT2D eigenvalue weighted by Gasteiger charge is -2.12. The van der Waals surface area contributed by atoms with E-state index in [0.29, 0.717) is 36.7 Å². The number of ether oxygens (including phenoxy) is 2. The first-order valence-corrected chi connectivity index (χ1v) is 9.58. The summed E-state index contributed by atoms with van der Waals surface area (Å²) in [6.45, 7) is 5.53. The van der Waals surface area contributed by atoms with E-state index >= 15 is 0 Å². The zero-order chi connectivity index (χ0) is 19.1. The number of amides is 1. The van der Waals surface area contributed by atoms with Crippen LogP contribution in [0.2, 0.25) is 0 Å². The molecule has 27 heavy (non-hydrogen) atoms. The van der Waals surface area contributed by atoms with Crippen molar-refractivity contribution < 1.29 is 14.3 Å². The van der Waals surface area contributed by atoms with Crippen molar-refractivity contribution in [2.45, 2.75) is 20.3 Å². The van der Waals surface area contributed by atoms with E-state index < -0.39 is 0 Å². The van der Waals surface area contributed by atoms with Gasteiger partial charge in [-0.3, -0.25) is 4.79 Å². The minimum Gasteiger partial charge on any atom is -0.490 e. The molecule has 0 unspecified atom stereocenters. The molecule has 0 radical (unpaired) electrons. The highest BCUT2D eigenvalue weighted by atomic mass is 32.1. The maximum absolute atomic E-state index is 12.5. The quantitative estimate of drug-likeness (QED) is 0.607. The molecular weight excluding hydrogens is 366 g/mol. The molecule has 0 aliphatic heterocycles. The number of hydrogen-bond donors (Lipinski definition) is 1. The van der Waals surface area contributed by atoms with Gasteiger partial charge in [0.25, 0.3) is 5.91 Å². The normalized spacial score (nSPS) is 10.6. The van der Waals surface area contributed by atoms with E-state index in [1.165, 1.54) is 22.3 Å². The fourth-order valence-electron chi connectivity index (χ4n) is 2.58. The molecule has 3 aromatic rings. The van der Waals surface area contributed by atoms with Crippen molar-refractivity contribution >= 4 is 17.2 Å². The molecule has 9 heteroatoms. The maximum Gasteiger partial charge on any atom is 0.263 e. The Morgan fingerprint density at radius 2 is 2.00 bits per heavy atom. The van der Waals surface area contributed by atoms with E-state index in [2.05, 4.69) is 20.8 Å². The van der Waals surface area contributed by atoms with Gasteiger partial charge in [-0.25, -0.2) is 0 Å². The minimum atomic E-state index is -0.147. The van der Waals surface area contributed by atoms with Crippen LogP contribution in [0.25, 0.3) is 5.69 Å². The second-order valence-electron chi connectivity index (χ2n) is 5.54. The van der Waals surface area contributed by atoms with E-state index in [0.717, 1.165) is 17.1 Å². The Kier molecular flexibility index (Phi) is 6.37. The van der Waals surface area contributed by atoms with E-state index in [1.807, 2.05) is 43.5 Å². The molecule has 0 saturated carbocycles. The van der Waals surface area contributed by atoms with Crippen molar-refractivity contribution in [3.05, 3.63) is 46.4 Å². The van der Waals surface area contributed by atoms with Gasteiger partial charge in [0, 0.05) is 6.54 Å². The molecule has 0 fully saturated rings. The number of rotatable bonds is 9. The van der Waals surface area contributed by atoms with Crippen LogP contribution in [-0.4, -0.2) is 45.9 Å². The average Bonchev–Trinajstić information content (AvgIpc) is 3.35. The van der Waals surface area contributed by atoms with Crippen molar-refractivity contribution in [1.82, 2.24) is 25.5 Å². The van der Waals surface area contributed by atoms with Gasteiger partial charge >= 0.3 is 0 Å². The first kappa shape index (κ1) is 18.8. The van der Waals surface area contributed by atoms with Gasteiger partial charge in [0.1, 0.15) is 11.2 Å². The highest BCUT2D eigenvalue weighted by molar-refractivity contribution is 7.12. The van der Waals surface area contributed by atoms with Gasteiger partial charge in [0.2, 0.25) is 0 Å². The summed E-state index contributed by atoms with van der Waals surface area (Å²) in [7, 11) is 0. The van der Waals surface area contributed by atoms with Gasteiger partial charge in [0.05, 0.1) is 18.9 Å². The van der Waals surface area contributed by atoms with Crippen molar-refractivity contribution in [3.63, 3.8) is 0 Å². The van der Waals surface area contributed by atoms with Crippen molar-refractivity contribution in [3.8, 4) is 17.2 Å². The fourth-order valence-corrected chi connectivity index (χ4v) is 3.37. The molecule has 0 aliphatic carbocycles. The summed E-state index contributed by atoms with van der Waals surface area (Å²) in [6, 6.07) is 7.66. The molecule has 0 aliphatic rings. The van der Waals surface area contributed by atoms with E-state index in [1.54, 1.807) is 0 Å². The Labute approximate surface area is 161 Å². The van der Waals surface area contributed by atoms with Crippen LogP contribution in [0, 0.1) is 0 Å². The monoisotopic (exact) mass is 387 g/mol. The first-order chi connectivity index (χ1) is 13.2. The summed E-state index contributed by atoms with van der Waals surface area (Å²) in [6.07, 6.45) is 2.15. The van der Waals surface area contributed by atoms with Crippen LogP contribution >= 0.6 is 11.3 Å². The molecular formula is C18H21N5O3S. The van der Waals surface area contributed by atoms with Crippen LogP contribution in [-0.2, 0) is 6.42 Å². The maximum atomic E-state index is 12.5. The number of benzene rings is 1. The van der Waals surface area contributed by atoms with Crippen molar-refractivity contribution in [2.75, 3.05) is 19.8 Å². The van der Waals surface area contributed by atoms with Crippen LogP contribution in [0.3, 0.4) is 0 Å². The molecule has 142 valence electrons. The first-order valence-electron chi connectivity index (χ1n) is 8.70. The van der Waals surface area contributed by atoms with Crippen LogP contribution < -0.4 is 14.8 Å². The van der Waals surface area contributed by atoms with E-state index in [9.17, 15) is 4.79 Å². The molecule has 1 N–H and O–H groups in total. The number of nitrogens with zero attached hydrogens (tertiary/aromatic N) is 4. The lowest BCUT2D eigenvalue weighted by molar-refractivity contribution is 0.0958. The SMILES string of the molecule is CCOc1ccc(CCNC(=O)c2sccc2-n2cnnn2)cc1OCC. The summed E-state index contributed by atoms with van der Waals surface area (Å²) < 4.78 is 12.7. The largest absolute Gasteiger partial charge is 0.490 e. The summed E-state index contributed by atoms with van der Waals surface area (Å²) in [5.74, 6) is 1.31. The highest BCUT2D eigenvalue weighted by Gasteiger charge is 2.15. The van der Waals surface area contributed by atoms with Gasteiger partial charge < -0.3 is 14.8 Å². The Bertz CT molecular complexity index is 879. The third-order valence-corrected chi connectivity index (χ3v) is 4.66. The third kappa shape index (κ3) is 4.62. The number of thiophene rings is 1. The zero-order valence-electron chi connectivity index (χ0n) is 15.2. The number of tetrazole rings is 1. The third-order valence-electron chi connectivity index (χ3n) is 3.75. The van der Waals surface area contributed by atoms with E-state index in [4.69, 9.17) is 9.47 Å². The highest BCUT2D eigenvalue weighted by Crippen LogP contribution is 2.28. The number of aromatic nitrogens is 4. The predicted molar refractivity (Wildman–Crippen MR) is 102 cm³/mol. The van der Waals surface area contributed by atoms with Gasteiger partial charge in [-0.15, -0.1) is 16.4 Å². The standard InChI is InChI=1S/C18H21N5O3S/c1-3-25-15-6-5-13(11-16(15)26-4-2)7-9-19-18(24)17-14(8-10-27-17)23-12-20-21-22-23/h5-6,8,10-12H,3-4,7,9H2,1-2H3,(H,19,24). The minimum absolute atomic E-state index is 0.147. The Morgan fingerprint density at radius 3 is 2.74 bits per heavy atom. The summed E-state index contributed by atoms with van der Waals surface area (Å²) in [5, 5.41) is 15.8. The Balaban J connectivity index is 1.61. The number of carbonyl (C=O) groups excluding carboxylic acids is 1. The zero-order valence-corrected chi connectivity index (χ0v) is 16.0. The number of hydrogen-bond acceptors (Lipinski definition) is 7. The predicted octanol–water partition coefficient (Wildman–Crippen LogP) is 2.49. The van der Waals surface area contributed by atoms with Crippen molar-refractivity contribution in [2.24, 2.45) is 0 Å². The number of carbonyl (C=O) groups is 1. The fraction of sp³-hybridized carbons (Fsp3) is 0.333. The second kappa shape index (κ2) is 9.13. The molecule has 1 amide bonds. The Hall–Kier alpha value is -2.94. The lowest BCUT2D eigenvalue weighted by Crippen LogP contribution is -2.26. The molecule has 2 heterocycles. The summed E-state index contributed by atoms with van der Waals surface area (Å²) in [5.41, 5.74) is 1.73. The molecule has 1 aromatic carbocycles. The summed E-state index contributed by atoms with van der Waals surface area (Å²) >= 11 is 1.35. The van der Waals surface area contributed by atoms with E-state index in [-0.39, 0.29) is 5.91 Å². The van der Waals surface area contributed by atoms with Gasteiger partial charge in [-0.05, 0) is 59.8 Å². The number of nitrogens with one attached hydrogen (secondary N) is 1. The lowest BCUT2D eigenvalue weighted by atomic mass is 10.1. The topological polar surface area (TPSA) is 91.2 Å². The smallest absolute Gasteiger partial charge is 0.263 e. The van der Waals surface area contributed by atoms with Crippen LogP contribution in [0.15, 0.2) is 36.0 Å². The van der Waals surface area contributed by atoms with Crippen molar-refractivity contribution in [1.29, 1.82) is 0 Å². The molecule has 0 bridgehead atoms. The molecule has 0 atom stereocenters. The van der Waals surface area contributed by atoms with Gasteiger partial charge in [-0.1, -0.05) is 6.07 Å². The molecule has 2 aromatic heterocycles. The summed E-state index contributed by atoms with van der Waals surface area (Å²) in [4.78, 5) is 13.1. The van der Waals surface area contributed by atoms with Gasteiger partial charge in [0.15, 0.2) is 11.5 Å². The molecule has 8 nitrogen and oxygen atoms in total.